The van der Waals surface area contributed by atoms with Gasteiger partial charge < -0.3 is 4.57 Å². The topological polar surface area (TPSA) is 17.8 Å². The van der Waals surface area contributed by atoms with E-state index >= 15 is 0 Å². The summed E-state index contributed by atoms with van der Waals surface area (Å²) in [5, 5.41) is 1.07. The predicted octanol–water partition coefficient (Wildman–Crippen LogP) is 3.29. The zero-order chi connectivity index (χ0) is 10.7. The minimum atomic E-state index is 0.719. The number of aromatic nitrogens is 2. The van der Waals surface area contributed by atoms with Crippen LogP contribution in [0, 0.1) is 0 Å². The fraction of sp³-hybridized carbons (Fsp3) is 0.364. The van der Waals surface area contributed by atoms with Gasteiger partial charge in [0.15, 0.2) is 5.16 Å². The third-order valence-electron chi connectivity index (χ3n) is 2.26. The van der Waals surface area contributed by atoms with Crippen molar-refractivity contribution in [2.45, 2.75) is 11.6 Å². The molecule has 15 heavy (non-hydrogen) atoms. The second kappa shape index (κ2) is 4.90. The molecular weight excluding hydrogens is 228 g/mol. The Bertz CT molecular complexity index is 453. The number of rotatable bonds is 4. The lowest BCUT2D eigenvalue weighted by molar-refractivity contribution is 0.814. The first-order valence-electron chi connectivity index (χ1n) is 4.93. The molecule has 1 heterocycles. The lowest BCUT2D eigenvalue weighted by Gasteiger charge is -2.00. The highest BCUT2D eigenvalue weighted by atomic mass is 35.5. The fourth-order valence-corrected chi connectivity index (χ4v) is 2.69. The van der Waals surface area contributed by atoms with E-state index in [0.29, 0.717) is 0 Å². The first kappa shape index (κ1) is 10.8. The van der Waals surface area contributed by atoms with Crippen LogP contribution in [0.4, 0.5) is 0 Å². The smallest absolute Gasteiger partial charge is 0.168 e. The summed E-state index contributed by atoms with van der Waals surface area (Å²) in [5.41, 5.74) is 2.25. The van der Waals surface area contributed by atoms with Gasteiger partial charge in [-0.25, -0.2) is 4.98 Å². The molecule has 0 fully saturated rings. The van der Waals surface area contributed by atoms with E-state index in [4.69, 9.17) is 11.6 Å². The molecule has 1 aromatic carbocycles. The standard InChI is InChI=1S/C11H13ClN2S/c1-14-10-6-3-2-5-9(10)13-11(14)15-8-4-7-12/h2-3,5-6H,4,7-8H2,1H3. The molecule has 0 aliphatic heterocycles. The van der Waals surface area contributed by atoms with Crippen molar-refractivity contribution < 1.29 is 0 Å². The van der Waals surface area contributed by atoms with Crippen molar-refractivity contribution in [1.82, 2.24) is 9.55 Å². The van der Waals surface area contributed by atoms with Gasteiger partial charge >= 0.3 is 0 Å². The van der Waals surface area contributed by atoms with Gasteiger partial charge in [0.2, 0.25) is 0 Å². The molecule has 2 aromatic rings. The van der Waals surface area contributed by atoms with Crippen LogP contribution < -0.4 is 0 Å². The second-order valence-electron chi connectivity index (χ2n) is 3.33. The van der Waals surface area contributed by atoms with Crippen LogP contribution in [-0.2, 0) is 7.05 Å². The van der Waals surface area contributed by atoms with Gasteiger partial charge in [0, 0.05) is 18.7 Å². The Morgan fingerprint density at radius 1 is 1.40 bits per heavy atom. The van der Waals surface area contributed by atoms with Crippen molar-refractivity contribution in [3.05, 3.63) is 24.3 Å². The molecule has 0 radical (unpaired) electrons. The average molecular weight is 241 g/mol. The van der Waals surface area contributed by atoms with Crippen LogP contribution in [0.15, 0.2) is 29.4 Å². The molecule has 0 atom stereocenters. The quantitative estimate of drug-likeness (QED) is 0.464. The number of benzene rings is 1. The number of imidazole rings is 1. The summed E-state index contributed by atoms with van der Waals surface area (Å²) in [4.78, 5) is 4.57. The number of hydrogen-bond acceptors (Lipinski definition) is 2. The summed E-state index contributed by atoms with van der Waals surface area (Å²) in [6.07, 6.45) is 1.02. The third-order valence-corrected chi connectivity index (χ3v) is 3.64. The Kier molecular flexibility index (Phi) is 3.54. The maximum atomic E-state index is 5.65. The third kappa shape index (κ3) is 2.29. The molecular formula is C11H13ClN2S. The minimum Gasteiger partial charge on any atom is -0.322 e. The Morgan fingerprint density at radius 3 is 2.93 bits per heavy atom. The predicted molar refractivity (Wildman–Crippen MR) is 66.8 cm³/mol. The summed E-state index contributed by atoms with van der Waals surface area (Å²) < 4.78 is 2.13. The molecule has 0 amide bonds. The van der Waals surface area contributed by atoms with Crippen molar-refractivity contribution in [1.29, 1.82) is 0 Å². The normalized spacial score (nSPS) is 11.1. The monoisotopic (exact) mass is 240 g/mol. The first-order valence-corrected chi connectivity index (χ1v) is 6.45. The molecule has 0 aliphatic carbocycles. The Balaban J connectivity index is 2.24. The largest absolute Gasteiger partial charge is 0.322 e. The number of halogens is 1. The van der Waals surface area contributed by atoms with Gasteiger partial charge in [0.1, 0.15) is 0 Å². The number of hydrogen-bond donors (Lipinski definition) is 0. The van der Waals surface area contributed by atoms with Crippen LogP contribution in [0.25, 0.3) is 11.0 Å². The van der Waals surface area contributed by atoms with Gasteiger partial charge in [-0.3, -0.25) is 0 Å². The summed E-state index contributed by atoms with van der Waals surface area (Å²) in [5.74, 6) is 1.75. The van der Waals surface area contributed by atoms with E-state index in [-0.39, 0.29) is 0 Å². The molecule has 0 N–H and O–H groups in total. The summed E-state index contributed by atoms with van der Waals surface area (Å²) in [6.45, 7) is 0. The first-order chi connectivity index (χ1) is 7.33. The van der Waals surface area contributed by atoms with E-state index in [1.807, 2.05) is 18.2 Å². The lowest BCUT2D eigenvalue weighted by Crippen LogP contribution is -1.91. The van der Waals surface area contributed by atoms with E-state index in [0.717, 1.165) is 28.7 Å². The highest BCUT2D eigenvalue weighted by Gasteiger charge is 2.06. The second-order valence-corrected chi connectivity index (χ2v) is 4.77. The van der Waals surface area contributed by atoms with E-state index in [9.17, 15) is 0 Å². The molecule has 80 valence electrons. The fourth-order valence-electron chi connectivity index (χ4n) is 1.47. The minimum absolute atomic E-state index is 0.719. The molecule has 0 bridgehead atoms. The van der Waals surface area contributed by atoms with Gasteiger partial charge in [0.05, 0.1) is 11.0 Å². The van der Waals surface area contributed by atoms with Crippen LogP contribution in [-0.4, -0.2) is 21.2 Å². The van der Waals surface area contributed by atoms with Gasteiger partial charge in [-0.1, -0.05) is 23.9 Å². The van der Waals surface area contributed by atoms with Crippen molar-refractivity contribution in [3.8, 4) is 0 Å². The summed E-state index contributed by atoms with van der Waals surface area (Å²) >= 11 is 7.41. The molecule has 4 heteroatoms. The number of thioether (sulfide) groups is 1. The SMILES string of the molecule is Cn1c(SCCCCl)nc2ccccc21. The number of alkyl halides is 1. The van der Waals surface area contributed by atoms with Crippen molar-refractivity contribution in [2.24, 2.45) is 7.05 Å². The Morgan fingerprint density at radius 2 is 2.20 bits per heavy atom. The average Bonchev–Trinajstić information content (AvgIpc) is 2.57. The highest BCUT2D eigenvalue weighted by Crippen LogP contribution is 2.22. The zero-order valence-corrected chi connectivity index (χ0v) is 10.2. The maximum Gasteiger partial charge on any atom is 0.168 e. The Labute approximate surface area is 98.6 Å². The number of fused-ring (bicyclic) bond motifs is 1. The van der Waals surface area contributed by atoms with E-state index < -0.39 is 0 Å². The van der Waals surface area contributed by atoms with E-state index in [2.05, 4.69) is 22.7 Å². The van der Waals surface area contributed by atoms with Crippen LogP contribution in [0.2, 0.25) is 0 Å². The lowest BCUT2D eigenvalue weighted by atomic mass is 10.3. The van der Waals surface area contributed by atoms with E-state index in [1.165, 1.54) is 5.52 Å². The van der Waals surface area contributed by atoms with Crippen molar-refractivity contribution in [2.75, 3.05) is 11.6 Å². The zero-order valence-electron chi connectivity index (χ0n) is 8.61. The number of para-hydroxylation sites is 2. The van der Waals surface area contributed by atoms with Crippen molar-refractivity contribution in [3.63, 3.8) is 0 Å². The molecule has 2 rings (SSSR count). The summed E-state index contributed by atoms with van der Waals surface area (Å²) in [7, 11) is 2.05. The molecule has 0 unspecified atom stereocenters. The van der Waals surface area contributed by atoms with E-state index in [1.54, 1.807) is 11.8 Å². The molecule has 0 saturated heterocycles. The van der Waals surface area contributed by atoms with Gasteiger partial charge in [-0.15, -0.1) is 11.6 Å². The summed E-state index contributed by atoms with van der Waals surface area (Å²) in [6, 6.07) is 8.19. The van der Waals surface area contributed by atoms with Crippen LogP contribution >= 0.6 is 23.4 Å². The van der Waals surface area contributed by atoms with Crippen LogP contribution in [0.3, 0.4) is 0 Å². The highest BCUT2D eigenvalue weighted by molar-refractivity contribution is 7.99. The maximum absolute atomic E-state index is 5.65. The molecule has 0 spiro atoms. The van der Waals surface area contributed by atoms with Gasteiger partial charge in [-0.2, -0.15) is 0 Å². The number of nitrogens with zero attached hydrogens (tertiary/aromatic N) is 2. The molecule has 0 saturated carbocycles. The van der Waals surface area contributed by atoms with Crippen LogP contribution in [0.5, 0.6) is 0 Å². The number of aryl methyl sites for hydroxylation is 1. The molecule has 0 aliphatic rings. The Hall–Kier alpha value is -0.670. The molecule has 2 nitrogen and oxygen atoms in total. The molecule has 1 aromatic heterocycles. The van der Waals surface area contributed by atoms with Gasteiger partial charge in [-0.05, 0) is 18.6 Å². The van der Waals surface area contributed by atoms with Crippen LogP contribution in [0.1, 0.15) is 6.42 Å². The van der Waals surface area contributed by atoms with Crippen molar-refractivity contribution >= 4 is 34.4 Å². The van der Waals surface area contributed by atoms with Gasteiger partial charge in [0.25, 0.3) is 0 Å².